The summed E-state index contributed by atoms with van der Waals surface area (Å²) < 4.78 is 26.3. The van der Waals surface area contributed by atoms with Crippen LogP contribution < -0.4 is 10.6 Å². The molecule has 2 N–H and O–H groups in total. The Morgan fingerprint density at radius 3 is 2.44 bits per heavy atom. The Morgan fingerprint density at radius 1 is 1.36 bits per heavy atom. The monoisotopic (exact) mass is 525 g/mol. The predicted molar refractivity (Wildman–Crippen MR) is 116 cm³/mol. The quantitative estimate of drug-likeness (QED) is 0.236. The Bertz CT molecular complexity index is 679. The molecule has 1 heterocycles. The maximum Gasteiger partial charge on any atom is 0.211 e. The fraction of sp³-hybridized carbons (Fsp3) is 0.643. The van der Waals surface area contributed by atoms with E-state index in [-0.39, 0.29) is 24.0 Å². The first-order chi connectivity index (χ1) is 11.2. The number of nitrogens with zero attached hydrogens (tertiary/aromatic N) is 3. The number of guanidine groups is 1. The fourth-order valence-corrected chi connectivity index (χ4v) is 3.52. The van der Waals surface area contributed by atoms with Gasteiger partial charge in [0.1, 0.15) is 5.15 Å². The van der Waals surface area contributed by atoms with Gasteiger partial charge in [0.15, 0.2) is 5.96 Å². The maximum absolute atomic E-state index is 11.5. The van der Waals surface area contributed by atoms with Crippen LogP contribution >= 0.6 is 47.2 Å². The molecule has 0 aromatic carbocycles. The molecular weight excluding hydrogens is 500 g/mol. The van der Waals surface area contributed by atoms with E-state index in [1.165, 1.54) is 10.6 Å². The Morgan fingerprint density at radius 2 is 2.00 bits per heavy atom. The maximum atomic E-state index is 11.5. The van der Waals surface area contributed by atoms with Crippen molar-refractivity contribution in [3.63, 3.8) is 0 Å². The van der Waals surface area contributed by atoms with E-state index >= 15 is 0 Å². The number of aliphatic imine (C=N–C) groups is 1. The standard InChI is InChI=1S/C14H25Cl2N5O2S.HI/c1-5-21(24(4,22)23)8-6-7-18-14(17-2)19-10-11-9-12(15)13(16)20(11)3;/h9H,5-8,10H2,1-4H3,(H2,17,18,19);1H. The van der Waals surface area contributed by atoms with Crippen LogP contribution in [0.25, 0.3) is 0 Å². The summed E-state index contributed by atoms with van der Waals surface area (Å²) in [4.78, 5) is 4.13. The molecule has 0 radical (unpaired) electrons. The molecular formula is C14H26Cl2IN5O2S. The minimum Gasteiger partial charge on any atom is -0.356 e. The molecule has 0 amide bonds. The molecule has 7 nitrogen and oxygen atoms in total. The molecule has 0 atom stereocenters. The molecule has 0 unspecified atom stereocenters. The molecule has 0 aliphatic rings. The number of aromatic nitrogens is 1. The Kier molecular flexibility index (Phi) is 11.4. The Hall–Kier alpha value is -0.230. The lowest BCUT2D eigenvalue weighted by molar-refractivity contribution is 0.424. The van der Waals surface area contributed by atoms with Gasteiger partial charge in [-0.25, -0.2) is 12.7 Å². The van der Waals surface area contributed by atoms with Crippen LogP contribution in [0.15, 0.2) is 11.1 Å². The third-order valence-corrected chi connectivity index (χ3v) is 5.80. The molecule has 0 bridgehead atoms. The highest BCUT2D eigenvalue weighted by Crippen LogP contribution is 2.24. The number of hydrogen-bond donors (Lipinski definition) is 2. The lowest BCUT2D eigenvalue weighted by Crippen LogP contribution is -2.39. The van der Waals surface area contributed by atoms with Gasteiger partial charge in [-0.3, -0.25) is 4.99 Å². The summed E-state index contributed by atoms with van der Waals surface area (Å²) in [5.74, 6) is 0.630. The van der Waals surface area contributed by atoms with Gasteiger partial charge in [-0.05, 0) is 12.5 Å². The van der Waals surface area contributed by atoms with E-state index < -0.39 is 10.0 Å². The second-order valence-corrected chi connectivity index (χ2v) is 8.04. The number of nitrogens with one attached hydrogen (secondary N) is 2. The van der Waals surface area contributed by atoms with Crippen molar-refractivity contribution in [3.05, 3.63) is 21.9 Å². The van der Waals surface area contributed by atoms with Gasteiger partial charge in [-0.2, -0.15) is 0 Å². The zero-order valence-electron chi connectivity index (χ0n) is 14.8. The van der Waals surface area contributed by atoms with Crippen molar-refractivity contribution >= 4 is 63.2 Å². The van der Waals surface area contributed by atoms with Crippen LogP contribution in [-0.2, 0) is 23.6 Å². The van der Waals surface area contributed by atoms with E-state index in [2.05, 4.69) is 15.6 Å². The van der Waals surface area contributed by atoms with E-state index in [1.54, 1.807) is 17.7 Å². The van der Waals surface area contributed by atoms with Gasteiger partial charge in [0.05, 0.1) is 17.8 Å². The third kappa shape index (κ3) is 7.90. The van der Waals surface area contributed by atoms with Gasteiger partial charge in [-0.1, -0.05) is 30.1 Å². The molecule has 0 fully saturated rings. The first-order valence-corrected chi connectivity index (χ1v) is 10.2. The fourth-order valence-electron chi connectivity index (χ4n) is 2.17. The molecule has 25 heavy (non-hydrogen) atoms. The summed E-state index contributed by atoms with van der Waals surface area (Å²) in [5, 5.41) is 7.33. The highest BCUT2D eigenvalue weighted by atomic mass is 127. The smallest absolute Gasteiger partial charge is 0.211 e. The van der Waals surface area contributed by atoms with Crippen LogP contribution in [0.5, 0.6) is 0 Å². The first kappa shape index (κ1) is 24.8. The predicted octanol–water partition coefficient (Wildman–Crippen LogP) is 2.29. The Labute approximate surface area is 177 Å². The molecule has 11 heteroatoms. The van der Waals surface area contributed by atoms with E-state index in [0.29, 0.717) is 48.7 Å². The molecule has 1 rings (SSSR count). The highest BCUT2D eigenvalue weighted by Gasteiger charge is 2.13. The number of rotatable bonds is 8. The molecule has 0 aliphatic heterocycles. The van der Waals surface area contributed by atoms with Crippen molar-refractivity contribution < 1.29 is 8.42 Å². The van der Waals surface area contributed by atoms with Crippen LogP contribution in [0.4, 0.5) is 0 Å². The lowest BCUT2D eigenvalue weighted by atomic mass is 10.4. The average Bonchev–Trinajstić information content (AvgIpc) is 2.76. The second kappa shape index (κ2) is 11.5. The molecule has 1 aromatic heterocycles. The van der Waals surface area contributed by atoms with E-state index in [1.807, 2.05) is 14.0 Å². The molecule has 0 spiro atoms. The van der Waals surface area contributed by atoms with Crippen LogP contribution in [0, 0.1) is 0 Å². The van der Waals surface area contributed by atoms with E-state index in [4.69, 9.17) is 23.2 Å². The summed E-state index contributed by atoms with van der Waals surface area (Å²) in [6, 6.07) is 1.80. The summed E-state index contributed by atoms with van der Waals surface area (Å²) in [7, 11) is 0.373. The van der Waals surface area contributed by atoms with Crippen LogP contribution in [0.1, 0.15) is 19.0 Å². The first-order valence-electron chi connectivity index (χ1n) is 7.59. The second-order valence-electron chi connectivity index (χ2n) is 5.29. The van der Waals surface area contributed by atoms with Crippen LogP contribution in [0.2, 0.25) is 10.2 Å². The van der Waals surface area contributed by atoms with Crippen LogP contribution in [-0.4, -0.2) is 56.2 Å². The van der Waals surface area contributed by atoms with Crippen molar-refractivity contribution in [1.82, 2.24) is 19.5 Å². The number of hydrogen-bond acceptors (Lipinski definition) is 3. The molecule has 0 aliphatic carbocycles. The minimum atomic E-state index is -3.14. The summed E-state index contributed by atoms with van der Waals surface area (Å²) in [5.41, 5.74) is 0.933. The van der Waals surface area contributed by atoms with Crippen molar-refractivity contribution in [3.8, 4) is 0 Å². The van der Waals surface area contributed by atoms with Gasteiger partial charge in [0, 0.05) is 39.4 Å². The molecule has 0 saturated carbocycles. The topological polar surface area (TPSA) is 78.7 Å². The largest absolute Gasteiger partial charge is 0.356 e. The van der Waals surface area contributed by atoms with Gasteiger partial charge in [-0.15, -0.1) is 24.0 Å². The van der Waals surface area contributed by atoms with Gasteiger partial charge in [0.25, 0.3) is 0 Å². The zero-order chi connectivity index (χ0) is 18.3. The molecule has 1 aromatic rings. The zero-order valence-corrected chi connectivity index (χ0v) is 19.5. The SMILES string of the molecule is CCN(CCCNC(=NC)NCc1cc(Cl)c(Cl)n1C)S(C)(=O)=O.I. The van der Waals surface area contributed by atoms with Crippen molar-refractivity contribution in [1.29, 1.82) is 0 Å². The highest BCUT2D eigenvalue weighted by molar-refractivity contribution is 14.0. The average molecular weight is 526 g/mol. The van der Waals surface area contributed by atoms with Gasteiger partial charge in [0.2, 0.25) is 10.0 Å². The summed E-state index contributed by atoms with van der Waals surface area (Å²) in [6.07, 6.45) is 1.91. The normalized spacial score (nSPS) is 12.2. The molecule has 146 valence electrons. The Balaban J connectivity index is 0.00000576. The number of sulfonamides is 1. The van der Waals surface area contributed by atoms with Crippen molar-refractivity contribution in [2.45, 2.75) is 19.9 Å². The van der Waals surface area contributed by atoms with Gasteiger partial charge >= 0.3 is 0 Å². The minimum absolute atomic E-state index is 0. The number of halogens is 3. The van der Waals surface area contributed by atoms with E-state index in [9.17, 15) is 8.42 Å². The third-order valence-electron chi connectivity index (χ3n) is 3.57. The molecule has 0 saturated heterocycles. The van der Waals surface area contributed by atoms with Crippen molar-refractivity contribution in [2.75, 3.05) is 32.9 Å². The van der Waals surface area contributed by atoms with E-state index in [0.717, 1.165) is 5.69 Å². The summed E-state index contributed by atoms with van der Waals surface area (Å²) in [6.45, 7) is 3.90. The van der Waals surface area contributed by atoms with Crippen LogP contribution in [0.3, 0.4) is 0 Å². The van der Waals surface area contributed by atoms with Crippen molar-refractivity contribution in [2.24, 2.45) is 12.0 Å². The lowest BCUT2D eigenvalue weighted by Gasteiger charge is -2.18. The summed E-state index contributed by atoms with van der Waals surface area (Å²) >= 11 is 12.0. The van der Waals surface area contributed by atoms with Gasteiger partial charge < -0.3 is 15.2 Å².